The van der Waals surface area contributed by atoms with Crippen LogP contribution in [0.15, 0.2) is 4.52 Å². The van der Waals surface area contributed by atoms with Gasteiger partial charge in [-0.2, -0.15) is 16.7 Å². The van der Waals surface area contributed by atoms with Crippen LogP contribution in [0.25, 0.3) is 0 Å². The molecule has 2 rings (SSSR count). The molecular formula is C13H20N2O3S2. The largest absolute Gasteiger partial charge is 0.481 e. The molecule has 1 N–H and O–H groups in total. The fourth-order valence-corrected chi connectivity index (χ4v) is 4.90. The molecule has 0 radical (unpaired) electrons. The highest BCUT2D eigenvalue weighted by Gasteiger charge is 2.30. The van der Waals surface area contributed by atoms with E-state index in [1.54, 1.807) is 0 Å². The SMILES string of the molecule is CC(CC(=O)O)Cc1nc(C2CSC(C)C(C)S2)no1. The molecule has 0 bridgehead atoms. The van der Waals surface area contributed by atoms with E-state index in [0.717, 1.165) is 11.6 Å². The van der Waals surface area contributed by atoms with Crippen LogP contribution in [0.3, 0.4) is 0 Å². The predicted octanol–water partition coefficient (Wildman–Crippen LogP) is 3.02. The van der Waals surface area contributed by atoms with Crippen LogP contribution in [-0.4, -0.2) is 37.5 Å². The lowest BCUT2D eigenvalue weighted by Gasteiger charge is -2.29. The van der Waals surface area contributed by atoms with Gasteiger partial charge in [0.05, 0.1) is 5.25 Å². The minimum atomic E-state index is -0.792. The Balaban J connectivity index is 1.93. The number of hydrogen-bond acceptors (Lipinski definition) is 6. The van der Waals surface area contributed by atoms with Crippen LogP contribution in [0.2, 0.25) is 0 Å². The van der Waals surface area contributed by atoms with Gasteiger partial charge in [0.2, 0.25) is 5.89 Å². The Bertz CT molecular complexity index is 466. The first-order chi connectivity index (χ1) is 9.45. The second kappa shape index (κ2) is 6.85. The smallest absolute Gasteiger partial charge is 0.303 e. The summed E-state index contributed by atoms with van der Waals surface area (Å²) in [4.78, 5) is 15.1. The molecule has 1 fully saturated rings. The van der Waals surface area contributed by atoms with E-state index in [9.17, 15) is 4.79 Å². The first kappa shape index (κ1) is 15.7. The number of carbonyl (C=O) groups is 1. The molecule has 4 unspecified atom stereocenters. The zero-order valence-electron chi connectivity index (χ0n) is 11.9. The van der Waals surface area contributed by atoms with Crippen molar-refractivity contribution in [3.05, 3.63) is 11.7 Å². The topological polar surface area (TPSA) is 76.2 Å². The molecule has 1 aromatic heterocycles. The Kier molecular flexibility index (Phi) is 5.37. The van der Waals surface area contributed by atoms with Crippen molar-refractivity contribution < 1.29 is 14.4 Å². The molecule has 0 aromatic carbocycles. The molecule has 1 saturated heterocycles. The van der Waals surface area contributed by atoms with Gasteiger partial charge in [0.1, 0.15) is 0 Å². The van der Waals surface area contributed by atoms with Crippen LogP contribution in [-0.2, 0) is 11.2 Å². The summed E-state index contributed by atoms with van der Waals surface area (Å²) in [5.41, 5.74) is 0. The Morgan fingerprint density at radius 3 is 2.90 bits per heavy atom. The minimum Gasteiger partial charge on any atom is -0.481 e. The average molecular weight is 316 g/mol. The maximum absolute atomic E-state index is 10.6. The van der Waals surface area contributed by atoms with Crippen molar-refractivity contribution in [2.45, 2.75) is 49.4 Å². The number of thioether (sulfide) groups is 2. The zero-order valence-corrected chi connectivity index (χ0v) is 13.5. The Morgan fingerprint density at radius 1 is 1.50 bits per heavy atom. The quantitative estimate of drug-likeness (QED) is 0.894. The Hall–Kier alpha value is -0.690. The van der Waals surface area contributed by atoms with Gasteiger partial charge in [-0.15, -0.1) is 11.8 Å². The lowest BCUT2D eigenvalue weighted by Crippen LogP contribution is -2.22. The van der Waals surface area contributed by atoms with Crippen LogP contribution in [0, 0.1) is 5.92 Å². The zero-order chi connectivity index (χ0) is 14.7. The molecule has 4 atom stereocenters. The van der Waals surface area contributed by atoms with Crippen LogP contribution >= 0.6 is 23.5 Å². The van der Waals surface area contributed by atoms with Crippen LogP contribution in [0.4, 0.5) is 0 Å². The molecule has 0 spiro atoms. The number of hydrogen-bond donors (Lipinski definition) is 1. The lowest BCUT2D eigenvalue weighted by atomic mass is 10.0. The molecule has 112 valence electrons. The van der Waals surface area contributed by atoms with E-state index in [-0.39, 0.29) is 17.6 Å². The highest BCUT2D eigenvalue weighted by atomic mass is 32.2. The molecular weight excluding hydrogens is 296 g/mol. The number of aromatic nitrogens is 2. The highest BCUT2D eigenvalue weighted by Crippen LogP contribution is 2.43. The fraction of sp³-hybridized carbons (Fsp3) is 0.769. The lowest BCUT2D eigenvalue weighted by molar-refractivity contribution is -0.137. The van der Waals surface area contributed by atoms with Crippen molar-refractivity contribution in [3.63, 3.8) is 0 Å². The maximum atomic E-state index is 10.6. The number of nitrogens with zero attached hydrogens (tertiary/aromatic N) is 2. The summed E-state index contributed by atoms with van der Waals surface area (Å²) < 4.78 is 5.26. The molecule has 0 saturated carbocycles. The van der Waals surface area contributed by atoms with Crippen molar-refractivity contribution in [2.24, 2.45) is 5.92 Å². The third-order valence-electron chi connectivity index (χ3n) is 3.37. The summed E-state index contributed by atoms with van der Waals surface area (Å²) in [6.07, 6.45) is 0.649. The standard InChI is InChI=1S/C13H20N2O3S2/c1-7(5-12(16)17)4-11-14-13(15-18-11)10-6-19-8(2)9(3)20-10/h7-10H,4-6H2,1-3H3,(H,16,17). The van der Waals surface area contributed by atoms with Crippen molar-refractivity contribution in [1.29, 1.82) is 0 Å². The van der Waals surface area contributed by atoms with Gasteiger partial charge < -0.3 is 9.63 Å². The van der Waals surface area contributed by atoms with Gasteiger partial charge in [-0.05, 0) is 5.92 Å². The van der Waals surface area contributed by atoms with E-state index in [1.165, 1.54) is 0 Å². The number of aliphatic carboxylic acids is 1. The van der Waals surface area contributed by atoms with E-state index in [4.69, 9.17) is 9.63 Å². The van der Waals surface area contributed by atoms with Crippen molar-refractivity contribution in [2.75, 3.05) is 5.75 Å². The molecule has 1 aliphatic rings. The van der Waals surface area contributed by atoms with Crippen LogP contribution in [0.5, 0.6) is 0 Å². The third kappa shape index (κ3) is 4.15. The van der Waals surface area contributed by atoms with E-state index < -0.39 is 5.97 Å². The predicted molar refractivity (Wildman–Crippen MR) is 81.1 cm³/mol. The van der Waals surface area contributed by atoms with Crippen molar-refractivity contribution in [1.82, 2.24) is 10.1 Å². The second-order valence-corrected chi connectivity index (χ2v) is 8.32. The van der Waals surface area contributed by atoms with Crippen LogP contribution in [0.1, 0.15) is 44.2 Å². The van der Waals surface area contributed by atoms with E-state index in [1.807, 2.05) is 30.4 Å². The highest BCUT2D eigenvalue weighted by molar-refractivity contribution is 8.07. The average Bonchev–Trinajstić information content (AvgIpc) is 2.80. The van der Waals surface area contributed by atoms with E-state index >= 15 is 0 Å². The molecule has 2 heterocycles. The summed E-state index contributed by atoms with van der Waals surface area (Å²) in [5.74, 6) is 1.51. The number of carboxylic acid groups (broad SMARTS) is 1. The first-order valence-electron chi connectivity index (χ1n) is 6.77. The maximum Gasteiger partial charge on any atom is 0.303 e. The van der Waals surface area contributed by atoms with Gasteiger partial charge >= 0.3 is 5.97 Å². The summed E-state index contributed by atoms with van der Waals surface area (Å²) >= 11 is 3.83. The third-order valence-corrected chi connectivity index (χ3v) is 6.76. The minimum absolute atomic E-state index is 0.00753. The number of carboxylic acids is 1. The summed E-state index contributed by atoms with van der Waals surface area (Å²) in [6.45, 7) is 6.35. The molecule has 0 amide bonds. The van der Waals surface area contributed by atoms with E-state index in [0.29, 0.717) is 22.8 Å². The first-order valence-corrected chi connectivity index (χ1v) is 8.76. The second-order valence-electron chi connectivity index (χ2n) is 5.32. The Labute approximate surface area is 127 Å². The van der Waals surface area contributed by atoms with Gasteiger partial charge in [-0.25, -0.2) is 0 Å². The van der Waals surface area contributed by atoms with Gasteiger partial charge in [-0.3, -0.25) is 4.79 Å². The molecule has 1 aliphatic heterocycles. The molecule has 7 heteroatoms. The fourth-order valence-electron chi connectivity index (χ4n) is 2.07. The molecule has 0 aliphatic carbocycles. The van der Waals surface area contributed by atoms with Gasteiger partial charge in [0, 0.05) is 29.1 Å². The Morgan fingerprint density at radius 2 is 2.25 bits per heavy atom. The molecule has 5 nitrogen and oxygen atoms in total. The van der Waals surface area contributed by atoms with Gasteiger partial charge in [0.25, 0.3) is 0 Å². The monoisotopic (exact) mass is 316 g/mol. The number of rotatable bonds is 5. The molecule has 1 aromatic rings. The summed E-state index contributed by atoms with van der Waals surface area (Å²) in [7, 11) is 0. The van der Waals surface area contributed by atoms with Crippen molar-refractivity contribution in [3.8, 4) is 0 Å². The normalized spacial score (nSPS) is 28.2. The van der Waals surface area contributed by atoms with Gasteiger partial charge in [0.15, 0.2) is 5.82 Å². The summed E-state index contributed by atoms with van der Waals surface area (Å²) in [6, 6.07) is 0. The summed E-state index contributed by atoms with van der Waals surface area (Å²) in [5, 5.41) is 14.3. The van der Waals surface area contributed by atoms with E-state index in [2.05, 4.69) is 24.0 Å². The van der Waals surface area contributed by atoms with Crippen molar-refractivity contribution >= 4 is 29.5 Å². The van der Waals surface area contributed by atoms with Gasteiger partial charge in [-0.1, -0.05) is 25.9 Å². The molecule has 20 heavy (non-hydrogen) atoms. The van der Waals surface area contributed by atoms with Crippen LogP contribution < -0.4 is 0 Å².